The van der Waals surface area contributed by atoms with Crippen LogP contribution >= 0.6 is 0 Å². The molecule has 1 saturated carbocycles. The molecule has 0 unspecified atom stereocenters. The average Bonchev–Trinajstić information content (AvgIpc) is 2.44. The van der Waals surface area contributed by atoms with E-state index in [4.69, 9.17) is 0 Å². The molecule has 0 atom stereocenters. The second-order valence-electron chi connectivity index (χ2n) is 8.25. The molecule has 0 aromatic rings. The highest BCUT2D eigenvalue weighted by Crippen LogP contribution is 2.43. The Hall–Kier alpha value is -0.750. The van der Waals surface area contributed by atoms with Crippen LogP contribution < -0.4 is 0 Å². The molecule has 25 heavy (non-hydrogen) atoms. The molecule has 0 bridgehead atoms. The molecule has 0 aromatic carbocycles. The van der Waals surface area contributed by atoms with Crippen molar-refractivity contribution in [2.75, 3.05) is 45.8 Å². The number of hydrogen-bond acceptors (Lipinski definition) is 3. The molecular formula is C19H33F2N3O. The maximum atomic E-state index is 13.5. The van der Waals surface area contributed by atoms with Crippen molar-refractivity contribution in [3.8, 4) is 0 Å². The Morgan fingerprint density at radius 1 is 1.08 bits per heavy atom. The van der Waals surface area contributed by atoms with Crippen LogP contribution in [0.1, 0.15) is 46.5 Å². The molecule has 1 amide bonds. The first-order valence-corrected chi connectivity index (χ1v) is 10.0. The molecule has 3 saturated heterocycles. The van der Waals surface area contributed by atoms with Gasteiger partial charge in [0.2, 0.25) is 5.91 Å². The summed E-state index contributed by atoms with van der Waals surface area (Å²) >= 11 is 0. The second-order valence-corrected chi connectivity index (χ2v) is 8.25. The fraction of sp³-hybridized carbons (Fsp3) is 0.947. The first kappa shape index (κ1) is 19.0. The van der Waals surface area contributed by atoms with Gasteiger partial charge in [-0.2, -0.15) is 0 Å². The molecule has 144 valence electrons. The van der Waals surface area contributed by atoms with Crippen LogP contribution in [0.25, 0.3) is 0 Å². The number of alkyl halides is 2. The lowest BCUT2D eigenvalue weighted by Gasteiger charge is -2.61. The molecule has 1 spiro atoms. The van der Waals surface area contributed by atoms with Gasteiger partial charge in [0.05, 0.1) is 6.54 Å². The fourth-order valence-corrected chi connectivity index (χ4v) is 4.90. The van der Waals surface area contributed by atoms with Gasteiger partial charge in [-0.25, -0.2) is 8.78 Å². The summed E-state index contributed by atoms with van der Waals surface area (Å²) in [6.07, 6.45) is 2.15. The molecule has 3 heterocycles. The molecule has 4 rings (SSSR count). The van der Waals surface area contributed by atoms with Gasteiger partial charge in [-0.05, 0) is 32.4 Å². The van der Waals surface area contributed by atoms with E-state index < -0.39 is 5.92 Å². The molecule has 4 nitrogen and oxygen atoms in total. The van der Waals surface area contributed by atoms with E-state index in [2.05, 4.69) is 11.8 Å². The van der Waals surface area contributed by atoms with Crippen molar-refractivity contribution in [1.29, 1.82) is 0 Å². The van der Waals surface area contributed by atoms with Crippen LogP contribution in [0.15, 0.2) is 0 Å². The van der Waals surface area contributed by atoms with Gasteiger partial charge in [-0.1, -0.05) is 20.8 Å². The van der Waals surface area contributed by atoms with Crippen molar-refractivity contribution in [2.24, 2.45) is 11.3 Å². The number of halogens is 2. The van der Waals surface area contributed by atoms with Crippen LogP contribution in [0.2, 0.25) is 0 Å². The third-order valence-corrected chi connectivity index (χ3v) is 6.33. The summed E-state index contributed by atoms with van der Waals surface area (Å²) in [5, 5.41) is 0. The Morgan fingerprint density at radius 3 is 2.28 bits per heavy atom. The highest BCUT2D eigenvalue weighted by atomic mass is 19.3. The lowest BCUT2D eigenvalue weighted by molar-refractivity contribution is -0.168. The molecule has 6 heteroatoms. The predicted molar refractivity (Wildman–Crippen MR) is 94.7 cm³/mol. The number of rotatable bonds is 3. The summed E-state index contributed by atoms with van der Waals surface area (Å²) in [4.78, 5) is 18.8. The van der Waals surface area contributed by atoms with Crippen molar-refractivity contribution in [2.45, 2.75) is 58.4 Å². The van der Waals surface area contributed by atoms with E-state index in [0.717, 1.165) is 52.1 Å². The minimum absolute atomic E-state index is 0.0171. The Balaban J connectivity index is 0.000000880. The summed E-state index contributed by atoms with van der Waals surface area (Å²) in [6.45, 7) is 12.0. The van der Waals surface area contributed by atoms with Gasteiger partial charge in [0.15, 0.2) is 0 Å². The first-order chi connectivity index (χ1) is 11.9. The van der Waals surface area contributed by atoms with E-state index >= 15 is 0 Å². The van der Waals surface area contributed by atoms with Gasteiger partial charge in [0.1, 0.15) is 0 Å². The van der Waals surface area contributed by atoms with E-state index in [1.165, 1.54) is 0 Å². The quantitative estimate of drug-likeness (QED) is 0.777. The number of nitrogens with zero attached hydrogens (tertiary/aromatic N) is 3. The average molecular weight is 357 g/mol. The van der Waals surface area contributed by atoms with Crippen LogP contribution in [0.3, 0.4) is 0 Å². The van der Waals surface area contributed by atoms with Crippen molar-refractivity contribution in [3.63, 3.8) is 0 Å². The summed E-state index contributed by atoms with van der Waals surface area (Å²) in [7, 11) is 0. The highest BCUT2D eigenvalue weighted by molar-refractivity contribution is 5.81. The summed E-state index contributed by atoms with van der Waals surface area (Å²) in [6, 6.07) is 0.199. The van der Waals surface area contributed by atoms with Gasteiger partial charge >= 0.3 is 0 Å². The number of hydrogen-bond donors (Lipinski definition) is 0. The minimum atomic E-state index is -2.54. The molecule has 4 fully saturated rings. The second kappa shape index (κ2) is 7.10. The van der Waals surface area contributed by atoms with Crippen LogP contribution in [-0.2, 0) is 4.79 Å². The van der Waals surface area contributed by atoms with Crippen molar-refractivity contribution >= 4 is 5.91 Å². The SMILES string of the molecule is CC.CCN1CC2(C1)CN(C(=O)C1CC(N3CCCC(F)(F)C3)C1)C2. The van der Waals surface area contributed by atoms with Gasteiger partial charge < -0.3 is 9.80 Å². The smallest absolute Gasteiger partial charge is 0.260 e. The van der Waals surface area contributed by atoms with E-state index in [0.29, 0.717) is 11.8 Å². The monoisotopic (exact) mass is 357 g/mol. The standard InChI is InChI=1S/C17H27F2N3O.C2H6/c1-2-20-8-16(9-20)10-22(11-16)15(23)13-6-14(7-13)21-5-3-4-17(18,19)12-21;1-2/h13-14H,2-12H2,1H3;1-2H3. The topological polar surface area (TPSA) is 26.8 Å². The molecule has 0 radical (unpaired) electrons. The van der Waals surface area contributed by atoms with Crippen LogP contribution in [0.4, 0.5) is 8.78 Å². The molecule has 3 aliphatic heterocycles. The molecule has 0 N–H and O–H groups in total. The number of carbonyl (C=O) groups excluding carboxylic acids is 1. The lowest BCUT2D eigenvalue weighted by Crippen LogP contribution is -2.73. The van der Waals surface area contributed by atoms with E-state index in [1.807, 2.05) is 23.6 Å². The number of likely N-dealkylation sites (tertiary alicyclic amines) is 3. The van der Waals surface area contributed by atoms with Crippen LogP contribution in [0.5, 0.6) is 0 Å². The van der Waals surface area contributed by atoms with Crippen molar-refractivity contribution in [1.82, 2.24) is 14.7 Å². The third-order valence-electron chi connectivity index (χ3n) is 6.33. The highest BCUT2D eigenvalue weighted by Gasteiger charge is 2.54. The largest absolute Gasteiger partial charge is 0.341 e. The normalized spacial score (nSPS) is 33.6. The van der Waals surface area contributed by atoms with Gasteiger partial charge in [-0.15, -0.1) is 0 Å². The van der Waals surface area contributed by atoms with Gasteiger partial charge in [0.25, 0.3) is 5.92 Å². The fourth-order valence-electron chi connectivity index (χ4n) is 4.90. The molecular weight excluding hydrogens is 324 g/mol. The zero-order valence-electron chi connectivity index (χ0n) is 15.9. The van der Waals surface area contributed by atoms with Gasteiger partial charge in [0, 0.05) is 50.0 Å². The third kappa shape index (κ3) is 3.70. The van der Waals surface area contributed by atoms with Crippen molar-refractivity contribution < 1.29 is 13.6 Å². The number of carbonyl (C=O) groups is 1. The zero-order chi connectivity index (χ0) is 18.2. The van der Waals surface area contributed by atoms with E-state index in [1.54, 1.807) is 0 Å². The number of piperidine rings is 1. The summed E-state index contributed by atoms with van der Waals surface area (Å²) in [5.74, 6) is -2.19. The minimum Gasteiger partial charge on any atom is -0.341 e. The molecule has 1 aliphatic carbocycles. The Morgan fingerprint density at radius 2 is 1.72 bits per heavy atom. The van der Waals surface area contributed by atoms with Crippen LogP contribution in [-0.4, -0.2) is 78.4 Å². The Labute approximate surface area is 150 Å². The Bertz CT molecular complexity index is 479. The Kier molecular flexibility index (Phi) is 5.41. The molecule has 0 aromatic heterocycles. The zero-order valence-corrected chi connectivity index (χ0v) is 15.9. The molecule has 4 aliphatic rings. The van der Waals surface area contributed by atoms with Crippen molar-refractivity contribution in [3.05, 3.63) is 0 Å². The summed E-state index contributed by atoms with van der Waals surface area (Å²) < 4.78 is 27.0. The maximum Gasteiger partial charge on any atom is 0.260 e. The van der Waals surface area contributed by atoms with E-state index in [9.17, 15) is 13.6 Å². The lowest BCUT2D eigenvalue weighted by atomic mass is 9.70. The summed E-state index contributed by atoms with van der Waals surface area (Å²) in [5.41, 5.74) is 0.379. The maximum absolute atomic E-state index is 13.5. The van der Waals surface area contributed by atoms with Gasteiger partial charge in [-0.3, -0.25) is 9.69 Å². The van der Waals surface area contributed by atoms with Crippen LogP contribution in [0, 0.1) is 11.3 Å². The van der Waals surface area contributed by atoms with E-state index in [-0.39, 0.29) is 30.8 Å². The predicted octanol–water partition coefficient (Wildman–Crippen LogP) is 2.69. The first-order valence-electron chi connectivity index (χ1n) is 10.0. The number of amides is 1.